The van der Waals surface area contributed by atoms with Crippen molar-refractivity contribution in [2.45, 2.75) is 71.3 Å². The van der Waals surface area contributed by atoms with Crippen molar-refractivity contribution in [2.75, 3.05) is 13.1 Å². The highest BCUT2D eigenvalue weighted by Crippen LogP contribution is 2.35. The SMILES string of the molecule is CCC1CCC(C(=O)C(C)(C)N2CCCC2)CC1. The third-order valence-corrected chi connectivity index (χ3v) is 5.29. The lowest BCUT2D eigenvalue weighted by Gasteiger charge is -2.38. The van der Waals surface area contributed by atoms with Gasteiger partial charge in [-0.15, -0.1) is 0 Å². The summed E-state index contributed by atoms with van der Waals surface area (Å²) in [5.41, 5.74) is -0.222. The van der Waals surface area contributed by atoms with Crippen molar-refractivity contribution in [1.29, 1.82) is 0 Å². The van der Waals surface area contributed by atoms with Gasteiger partial charge in [0.1, 0.15) is 0 Å². The van der Waals surface area contributed by atoms with E-state index in [1.807, 2.05) is 0 Å². The van der Waals surface area contributed by atoms with E-state index in [4.69, 9.17) is 0 Å². The van der Waals surface area contributed by atoms with Gasteiger partial charge in [-0.05, 0) is 71.4 Å². The van der Waals surface area contributed by atoms with Crippen molar-refractivity contribution >= 4 is 5.78 Å². The molecule has 104 valence electrons. The Kier molecular flexibility index (Phi) is 4.47. The summed E-state index contributed by atoms with van der Waals surface area (Å²) in [6, 6.07) is 0. The molecular weight excluding hydrogens is 222 g/mol. The first-order valence-electron chi connectivity index (χ1n) is 7.85. The van der Waals surface area contributed by atoms with Crippen LogP contribution in [0.15, 0.2) is 0 Å². The molecular formula is C16H29NO. The maximum absolute atomic E-state index is 12.8. The molecule has 1 heterocycles. The van der Waals surface area contributed by atoms with Gasteiger partial charge in [-0.25, -0.2) is 0 Å². The minimum atomic E-state index is -0.222. The molecule has 0 aromatic rings. The summed E-state index contributed by atoms with van der Waals surface area (Å²) in [5.74, 6) is 1.73. The molecule has 0 bridgehead atoms. The van der Waals surface area contributed by atoms with Crippen LogP contribution in [0.25, 0.3) is 0 Å². The molecule has 0 radical (unpaired) electrons. The zero-order valence-corrected chi connectivity index (χ0v) is 12.4. The van der Waals surface area contributed by atoms with E-state index in [-0.39, 0.29) is 5.54 Å². The quantitative estimate of drug-likeness (QED) is 0.760. The number of nitrogens with zero attached hydrogens (tertiary/aromatic N) is 1. The van der Waals surface area contributed by atoms with Crippen LogP contribution in [0.5, 0.6) is 0 Å². The molecule has 0 spiro atoms. The maximum Gasteiger partial charge on any atom is 0.155 e. The minimum absolute atomic E-state index is 0.222. The highest BCUT2D eigenvalue weighted by molar-refractivity contribution is 5.89. The number of hydrogen-bond acceptors (Lipinski definition) is 2. The summed E-state index contributed by atoms with van der Waals surface area (Å²) in [7, 11) is 0. The molecule has 0 amide bonds. The van der Waals surface area contributed by atoms with Gasteiger partial charge in [-0.1, -0.05) is 13.3 Å². The van der Waals surface area contributed by atoms with Crippen LogP contribution in [0.2, 0.25) is 0 Å². The second-order valence-corrected chi connectivity index (χ2v) is 6.74. The number of carbonyl (C=O) groups is 1. The summed E-state index contributed by atoms with van der Waals surface area (Å²) in [6.45, 7) is 8.80. The fourth-order valence-electron chi connectivity index (χ4n) is 3.76. The molecule has 1 aliphatic heterocycles. The molecule has 0 aromatic heterocycles. The van der Waals surface area contributed by atoms with Gasteiger partial charge < -0.3 is 0 Å². The van der Waals surface area contributed by atoms with E-state index in [0.717, 1.165) is 31.8 Å². The van der Waals surface area contributed by atoms with Crippen molar-refractivity contribution in [3.63, 3.8) is 0 Å². The topological polar surface area (TPSA) is 20.3 Å². The maximum atomic E-state index is 12.8. The van der Waals surface area contributed by atoms with Gasteiger partial charge in [0.25, 0.3) is 0 Å². The molecule has 1 saturated carbocycles. The second-order valence-electron chi connectivity index (χ2n) is 6.74. The van der Waals surface area contributed by atoms with E-state index in [9.17, 15) is 4.79 Å². The van der Waals surface area contributed by atoms with Crippen LogP contribution in [0.4, 0.5) is 0 Å². The van der Waals surface area contributed by atoms with Crippen molar-refractivity contribution in [3.05, 3.63) is 0 Å². The van der Waals surface area contributed by atoms with Crippen LogP contribution in [0, 0.1) is 11.8 Å². The normalized spacial score (nSPS) is 30.6. The first-order valence-corrected chi connectivity index (χ1v) is 7.85. The predicted octanol–water partition coefficient (Wildman–Crippen LogP) is 3.65. The Morgan fingerprint density at radius 2 is 1.67 bits per heavy atom. The van der Waals surface area contributed by atoms with E-state index in [1.54, 1.807) is 0 Å². The van der Waals surface area contributed by atoms with Crippen LogP contribution >= 0.6 is 0 Å². The van der Waals surface area contributed by atoms with Gasteiger partial charge in [0.05, 0.1) is 5.54 Å². The summed E-state index contributed by atoms with van der Waals surface area (Å²) in [5, 5.41) is 0. The third-order valence-electron chi connectivity index (χ3n) is 5.29. The fourth-order valence-corrected chi connectivity index (χ4v) is 3.76. The zero-order chi connectivity index (χ0) is 13.2. The van der Waals surface area contributed by atoms with Crippen molar-refractivity contribution in [3.8, 4) is 0 Å². The summed E-state index contributed by atoms with van der Waals surface area (Å²) in [4.78, 5) is 15.2. The molecule has 2 heteroatoms. The largest absolute Gasteiger partial charge is 0.297 e. The summed E-state index contributed by atoms with van der Waals surface area (Å²) >= 11 is 0. The number of carbonyl (C=O) groups excluding carboxylic acids is 1. The Morgan fingerprint density at radius 1 is 1.11 bits per heavy atom. The van der Waals surface area contributed by atoms with E-state index in [2.05, 4.69) is 25.7 Å². The molecule has 2 rings (SSSR count). The number of rotatable bonds is 4. The Hall–Kier alpha value is -0.370. The van der Waals surface area contributed by atoms with Crippen LogP contribution in [-0.2, 0) is 4.79 Å². The van der Waals surface area contributed by atoms with Gasteiger partial charge in [-0.3, -0.25) is 9.69 Å². The van der Waals surface area contributed by atoms with Crippen LogP contribution in [0.3, 0.4) is 0 Å². The van der Waals surface area contributed by atoms with E-state index >= 15 is 0 Å². The monoisotopic (exact) mass is 251 g/mol. The van der Waals surface area contributed by atoms with Crippen LogP contribution in [0.1, 0.15) is 65.7 Å². The lowest BCUT2D eigenvalue weighted by atomic mass is 9.75. The molecule has 0 aromatic carbocycles. The Morgan fingerprint density at radius 3 is 2.17 bits per heavy atom. The van der Waals surface area contributed by atoms with Gasteiger partial charge in [0, 0.05) is 5.92 Å². The third kappa shape index (κ3) is 2.79. The molecule has 1 saturated heterocycles. The second kappa shape index (κ2) is 5.73. The highest BCUT2D eigenvalue weighted by atomic mass is 16.1. The molecule has 2 nitrogen and oxygen atoms in total. The zero-order valence-electron chi connectivity index (χ0n) is 12.4. The first-order chi connectivity index (χ1) is 8.55. The molecule has 0 atom stereocenters. The number of ketones is 1. The number of hydrogen-bond donors (Lipinski definition) is 0. The summed E-state index contributed by atoms with van der Waals surface area (Å²) < 4.78 is 0. The Balaban J connectivity index is 1.94. The summed E-state index contributed by atoms with van der Waals surface area (Å²) in [6.07, 6.45) is 8.62. The van der Waals surface area contributed by atoms with Crippen LogP contribution < -0.4 is 0 Å². The minimum Gasteiger partial charge on any atom is -0.297 e. The first kappa shape index (κ1) is 14.0. The van der Waals surface area contributed by atoms with Crippen molar-refractivity contribution < 1.29 is 4.79 Å². The van der Waals surface area contributed by atoms with E-state index < -0.39 is 0 Å². The molecule has 18 heavy (non-hydrogen) atoms. The Labute approximate surface area is 112 Å². The number of Topliss-reactive ketones (excluding diaryl/α,β-unsaturated/α-hetero) is 1. The Bertz CT molecular complexity index is 283. The molecule has 2 fully saturated rings. The van der Waals surface area contributed by atoms with Gasteiger partial charge >= 0.3 is 0 Å². The van der Waals surface area contributed by atoms with Gasteiger partial charge in [0.2, 0.25) is 0 Å². The molecule has 0 unspecified atom stereocenters. The van der Waals surface area contributed by atoms with E-state index in [0.29, 0.717) is 11.7 Å². The van der Waals surface area contributed by atoms with Crippen molar-refractivity contribution in [2.24, 2.45) is 11.8 Å². The smallest absolute Gasteiger partial charge is 0.155 e. The van der Waals surface area contributed by atoms with Crippen LogP contribution in [-0.4, -0.2) is 29.3 Å². The predicted molar refractivity (Wildman–Crippen MR) is 75.6 cm³/mol. The van der Waals surface area contributed by atoms with E-state index in [1.165, 1.54) is 32.1 Å². The van der Waals surface area contributed by atoms with Gasteiger partial charge in [-0.2, -0.15) is 0 Å². The lowest BCUT2D eigenvalue weighted by Crippen LogP contribution is -2.51. The molecule has 1 aliphatic carbocycles. The molecule has 0 N–H and O–H groups in total. The number of likely N-dealkylation sites (tertiary alicyclic amines) is 1. The average molecular weight is 251 g/mol. The van der Waals surface area contributed by atoms with Gasteiger partial charge in [0.15, 0.2) is 5.78 Å². The lowest BCUT2D eigenvalue weighted by molar-refractivity contribution is -0.134. The average Bonchev–Trinajstić information content (AvgIpc) is 2.92. The standard InChI is InChI=1S/C16H29NO/c1-4-13-7-9-14(10-8-13)15(18)16(2,3)17-11-5-6-12-17/h13-14H,4-12H2,1-3H3. The van der Waals surface area contributed by atoms with Crippen molar-refractivity contribution in [1.82, 2.24) is 4.90 Å². The highest BCUT2D eigenvalue weighted by Gasteiger charge is 2.40. The molecule has 2 aliphatic rings. The fraction of sp³-hybridized carbons (Fsp3) is 0.938.